The molecule has 4 aromatic carbocycles. The first-order chi connectivity index (χ1) is 21.2. The Morgan fingerprint density at radius 3 is 2.02 bits per heavy atom. The van der Waals surface area contributed by atoms with Crippen LogP contribution in [0.25, 0.3) is 17.2 Å². The van der Waals surface area contributed by atoms with Crippen molar-refractivity contribution in [3.8, 4) is 0 Å². The number of unbranched alkanes of at least 4 members (excludes halogenated alkanes) is 1. The van der Waals surface area contributed by atoms with E-state index in [9.17, 15) is 0 Å². The van der Waals surface area contributed by atoms with Gasteiger partial charge in [0, 0.05) is 17.1 Å². The quantitative estimate of drug-likeness (QED) is 0.0951. The lowest BCUT2D eigenvalue weighted by Gasteiger charge is -2.26. The molecule has 1 unspecified atom stereocenters. The van der Waals surface area contributed by atoms with Crippen LogP contribution >= 0.6 is 0 Å². The summed E-state index contributed by atoms with van der Waals surface area (Å²) in [5.41, 5.74) is 9.25. The van der Waals surface area contributed by atoms with Crippen LogP contribution in [-0.4, -0.2) is 0 Å². The molecule has 0 fully saturated rings. The molecule has 1 nitrogen and oxygen atoms in total. The Bertz CT molecular complexity index is 1630. The van der Waals surface area contributed by atoms with E-state index in [-0.39, 0.29) is 0 Å². The molecule has 1 aliphatic rings. The van der Waals surface area contributed by atoms with Crippen LogP contribution in [0.3, 0.4) is 0 Å². The average molecular weight is 558 g/mol. The maximum absolute atomic E-state index is 4.06. The highest BCUT2D eigenvalue weighted by atomic mass is 15.1. The van der Waals surface area contributed by atoms with E-state index in [1.807, 2.05) is 30.4 Å². The lowest BCUT2D eigenvalue weighted by molar-refractivity contribution is 0.817. The van der Waals surface area contributed by atoms with Gasteiger partial charge in [-0.05, 0) is 89.4 Å². The maximum Gasteiger partial charge on any atom is 0.0462 e. The van der Waals surface area contributed by atoms with E-state index >= 15 is 0 Å². The van der Waals surface area contributed by atoms with Gasteiger partial charge in [-0.1, -0.05) is 140 Å². The van der Waals surface area contributed by atoms with Gasteiger partial charge >= 0.3 is 0 Å². The van der Waals surface area contributed by atoms with Crippen molar-refractivity contribution < 1.29 is 0 Å². The molecule has 0 radical (unpaired) electrons. The van der Waals surface area contributed by atoms with Crippen LogP contribution < -0.4 is 4.90 Å². The molecule has 0 saturated carbocycles. The summed E-state index contributed by atoms with van der Waals surface area (Å²) < 4.78 is 0. The van der Waals surface area contributed by atoms with Gasteiger partial charge in [0.1, 0.15) is 0 Å². The van der Waals surface area contributed by atoms with E-state index in [1.54, 1.807) is 0 Å². The monoisotopic (exact) mass is 557 g/mol. The zero-order valence-corrected chi connectivity index (χ0v) is 24.7. The highest BCUT2D eigenvalue weighted by Crippen LogP contribution is 2.36. The highest BCUT2D eigenvalue weighted by molar-refractivity contribution is 5.82. The Morgan fingerprint density at radius 1 is 0.744 bits per heavy atom. The molecule has 1 atom stereocenters. The molecular weight excluding hydrogens is 518 g/mol. The molecule has 212 valence electrons. The lowest BCUT2D eigenvalue weighted by Crippen LogP contribution is -2.09. The summed E-state index contributed by atoms with van der Waals surface area (Å²) in [6, 6.07) is 38.5. The number of anilines is 3. The molecular formula is C42H39N. The van der Waals surface area contributed by atoms with E-state index in [2.05, 4.69) is 158 Å². The van der Waals surface area contributed by atoms with Crippen molar-refractivity contribution in [3.05, 3.63) is 194 Å². The van der Waals surface area contributed by atoms with E-state index in [0.717, 1.165) is 47.5 Å². The van der Waals surface area contributed by atoms with Gasteiger partial charge in [-0.3, -0.25) is 0 Å². The number of rotatable bonds is 12. The van der Waals surface area contributed by atoms with Gasteiger partial charge in [-0.15, -0.1) is 6.58 Å². The van der Waals surface area contributed by atoms with Crippen molar-refractivity contribution in [1.29, 1.82) is 0 Å². The topological polar surface area (TPSA) is 3.24 Å². The third kappa shape index (κ3) is 7.99. The fourth-order valence-electron chi connectivity index (χ4n) is 5.22. The Morgan fingerprint density at radius 2 is 1.40 bits per heavy atom. The number of allylic oxidation sites excluding steroid dienone is 11. The zero-order chi connectivity index (χ0) is 29.7. The van der Waals surface area contributed by atoms with Crippen LogP contribution in [0.1, 0.15) is 36.0 Å². The van der Waals surface area contributed by atoms with E-state index in [4.69, 9.17) is 0 Å². The number of hydrogen-bond acceptors (Lipinski definition) is 1. The van der Waals surface area contributed by atoms with Crippen LogP contribution in [0.2, 0.25) is 0 Å². The predicted octanol–water partition coefficient (Wildman–Crippen LogP) is 11.9. The minimum atomic E-state index is 0.473. The molecule has 0 spiro atoms. The molecule has 5 rings (SSSR count). The van der Waals surface area contributed by atoms with E-state index in [0.29, 0.717) is 5.92 Å². The lowest BCUT2D eigenvalue weighted by atomic mass is 9.92. The van der Waals surface area contributed by atoms with Crippen LogP contribution in [0.4, 0.5) is 17.1 Å². The van der Waals surface area contributed by atoms with Gasteiger partial charge in [-0.25, -0.2) is 0 Å². The molecule has 1 heteroatoms. The molecule has 0 aliphatic heterocycles. The molecule has 0 heterocycles. The summed E-state index contributed by atoms with van der Waals surface area (Å²) in [7, 11) is 0. The molecule has 43 heavy (non-hydrogen) atoms. The van der Waals surface area contributed by atoms with Crippen LogP contribution in [0, 0.1) is 5.92 Å². The highest BCUT2D eigenvalue weighted by Gasteiger charge is 2.14. The summed E-state index contributed by atoms with van der Waals surface area (Å²) in [6.45, 7) is 7.86. The Hall–Kier alpha value is -5.14. The molecule has 0 N–H and O–H groups in total. The smallest absolute Gasteiger partial charge is 0.0462 e. The van der Waals surface area contributed by atoms with Crippen LogP contribution in [0.5, 0.6) is 0 Å². The van der Waals surface area contributed by atoms with Crippen molar-refractivity contribution in [1.82, 2.24) is 0 Å². The molecule has 0 aromatic heterocycles. The first kappa shape index (κ1) is 29.4. The summed E-state index contributed by atoms with van der Waals surface area (Å²) in [5.74, 6) is 0.473. The Labute approximate surface area is 257 Å². The maximum atomic E-state index is 4.06. The largest absolute Gasteiger partial charge is 0.311 e. The minimum absolute atomic E-state index is 0.473. The van der Waals surface area contributed by atoms with Crippen molar-refractivity contribution in [2.75, 3.05) is 4.90 Å². The van der Waals surface area contributed by atoms with Crippen LogP contribution in [-0.2, 0) is 0 Å². The summed E-state index contributed by atoms with van der Waals surface area (Å²) in [5, 5.41) is 0. The van der Waals surface area contributed by atoms with Gasteiger partial charge in [0.15, 0.2) is 0 Å². The van der Waals surface area contributed by atoms with Crippen molar-refractivity contribution >= 4 is 34.3 Å². The van der Waals surface area contributed by atoms with E-state index < -0.39 is 0 Å². The van der Waals surface area contributed by atoms with Crippen molar-refractivity contribution in [2.24, 2.45) is 5.92 Å². The second-order valence-corrected chi connectivity index (χ2v) is 10.6. The van der Waals surface area contributed by atoms with Gasteiger partial charge in [-0.2, -0.15) is 0 Å². The number of nitrogens with zero attached hydrogens (tertiary/aromatic N) is 1. The standard InChI is InChI=1S/C42H39N/c1-3-5-6-9-17-35-22-24-38(25-23-35)39-28-32-42(33-29-39)43(40-20-12-8-13-21-40)41-30-26-37(27-31-41)36(4-2)19-14-18-34-15-10-7-11-16-34/h3-4,7-22,24-33,35H,1-2,5-6,23H2. The third-order valence-electron chi connectivity index (χ3n) is 7.57. The van der Waals surface area contributed by atoms with Crippen molar-refractivity contribution in [2.45, 2.75) is 19.3 Å². The number of benzene rings is 4. The summed E-state index contributed by atoms with van der Waals surface area (Å²) in [4.78, 5) is 2.30. The molecule has 0 amide bonds. The van der Waals surface area contributed by atoms with Crippen LogP contribution in [0.15, 0.2) is 177 Å². The second-order valence-electron chi connectivity index (χ2n) is 10.6. The zero-order valence-electron chi connectivity index (χ0n) is 24.7. The average Bonchev–Trinajstić information content (AvgIpc) is 3.07. The Kier molecular flexibility index (Phi) is 10.4. The van der Waals surface area contributed by atoms with Gasteiger partial charge in [0.2, 0.25) is 0 Å². The molecule has 1 aliphatic carbocycles. The van der Waals surface area contributed by atoms with Gasteiger partial charge < -0.3 is 4.90 Å². The molecule has 4 aromatic rings. The van der Waals surface area contributed by atoms with E-state index in [1.165, 1.54) is 16.7 Å². The first-order valence-electron chi connectivity index (χ1n) is 15.0. The Balaban J connectivity index is 1.35. The molecule has 0 bridgehead atoms. The fourth-order valence-corrected chi connectivity index (χ4v) is 5.22. The van der Waals surface area contributed by atoms with Gasteiger partial charge in [0.25, 0.3) is 0 Å². The minimum Gasteiger partial charge on any atom is -0.311 e. The fraction of sp³-hybridized carbons (Fsp3) is 0.0952. The first-order valence-corrected chi connectivity index (χ1v) is 15.0. The predicted molar refractivity (Wildman–Crippen MR) is 189 cm³/mol. The third-order valence-corrected chi connectivity index (χ3v) is 7.57. The normalized spacial score (nSPS) is 15.0. The summed E-state index contributed by atoms with van der Waals surface area (Å²) >= 11 is 0. The second kappa shape index (κ2) is 15.2. The van der Waals surface area contributed by atoms with Crippen molar-refractivity contribution in [3.63, 3.8) is 0 Å². The molecule has 0 saturated heterocycles. The number of hydrogen-bond donors (Lipinski definition) is 0. The summed E-state index contributed by atoms with van der Waals surface area (Å²) in [6.07, 6.45) is 24.8. The van der Waals surface area contributed by atoms with Gasteiger partial charge in [0.05, 0.1) is 0 Å². The number of para-hydroxylation sites is 1. The SMILES string of the molecule is C=CCCC=CC1C=CC(c2ccc(N(c3ccccc3)c3ccc(C(C=C)=CC=Cc4ccccc4)cc3)cc2)=CC1.